The van der Waals surface area contributed by atoms with E-state index < -0.39 is 0 Å². The molecule has 0 bridgehead atoms. The first-order chi connectivity index (χ1) is 7.67. The van der Waals surface area contributed by atoms with Gasteiger partial charge in [0.15, 0.2) is 11.5 Å². The molecule has 0 amide bonds. The van der Waals surface area contributed by atoms with Crippen LogP contribution in [-0.4, -0.2) is 12.7 Å². The number of nitriles is 1. The topological polar surface area (TPSA) is 51.5 Å². The number of benzene rings is 1. The number of hydrogen-bond donors (Lipinski definition) is 0. The molecule has 0 heterocycles. The first-order valence-electron chi connectivity index (χ1n) is 5.16. The third kappa shape index (κ3) is 3.35. The van der Waals surface area contributed by atoms with E-state index in [0.717, 1.165) is 0 Å². The molecule has 0 aliphatic rings. The highest BCUT2D eigenvalue weighted by atomic mass is 16.5. The zero-order valence-corrected chi connectivity index (χ0v) is 9.69. The average molecular weight is 221 g/mol. The lowest BCUT2D eigenvalue weighted by atomic mass is 10.3. The summed E-state index contributed by atoms with van der Waals surface area (Å²) in [5.41, 5.74) is 0. The number of hydrogen-bond acceptors (Lipinski definition) is 4. The normalized spacial score (nSPS) is 9.69. The number of rotatable bonds is 5. The first kappa shape index (κ1) is 12.2. The van der Waals surface area contributed by atoms with Gasteiger partial charge in [-0.05, 0) is 32.9 Å². The third-order valence-corrected chi connectivity index (χ3v) is 1.74. The molecule has 16 heavy (non-hydrogen) atoms. The van der Waals surface area contributed by atoms with Crippen LogP contribution in [0.3, 0.4) is 0 Å². The lowest BCUT2D eigenvalue weighted by Gasteiger charge is -2.12. The summed E-state index contributed by atoms with van der Waals surface area (Å²) < 4.78 is 15.6. The Morgan fingerprint density at radius 2 is 2.06 bits per heavy atom. The van der Waals surface area contributed by atoms with Gasteiger partial charge in [0.1, 0.15) is 5.75 Å². The van der Waals surface area contributed by atoms with Crippen molar-refractivity contribution in [2.45, 2.75) is 26.9 Å². The summed E-state index contributed by atoms with van der Waals surface area (Å²) in [6.07, 6.45) is 1.72. The minimum atomic E-state index is 0.0946. The van der Waals surface area contributed by atoms with Crippen LogP contribution in [0.5, 0.6) is 17.2 Å². The second kappa shape index (κ2) is 5.86. The van der Waals surface area contributed by atoms with Crippen LogP contribution in [0.25, 0.3) is 0 Å². The Morgan fingerprint density at radius 3 is 2.62 bits per heavy atom. The highest BCUT2D eigenvalue weighted by Crippen LogP contribution is 2.31. The van der Waals surface area contributed by atoms with Crippen LogP contribution in [0.1, 0.15) is 20.8 Å². The summed E-state index contributed by atoms with van der Waals surface area (Å²) in [6.45, 7) is 6.26. The molecule has 0 saturated carbocycles. The first-order valence-corrected chi connectivity index (χ1v) is 5.16. The Hall–Kier alpha value is -1.89. The molecule has 0 aromatic heterocycles. The fourth-order valence-corrected chi connectivity index (χ4v) is 1.24. The summed E-state index contributed by atoms with van der Waals surface area (Å²) in [6, 6.07) is 5.12. The molecule has 86 valence electrons. The summed E-state index contributed by atoms with van der Waals surface area (Å²) >= 11 is 0. The summed E-state index contributed by atoms with van der Waals surface area (Å²) in [5.74, 6) is 1.62. The van der Waals surface area contributed by atoms with Crippen LogP contribution >= 0.6 is 0 Å². The summed E-state index contributed by atoms with van der Waals surface area (Å²) in [5, 5.41) is 8.47. The van der Waals surface area contributed by atoms with E-state index >= 15 is 0 Å². The molecule has 1 rings (SSSR count). The van der Waals surface area contributed by atoms with E-state index in [2.05, 4.69) is 0 Å². The van der Waals surface area contributed by atoms with Crippen molar-refractivity contribution in [2.75, 3.05) is 6.61 Å². The van der Waals surface area contributed by atoms with E-state index in [1.165, 1.54) is 0 Å². The molecule has 1 aromatic carbocycles. The van der Waals surface area contributed by atoms with E-state index in [0.29, 0.717) is 23.9 Å². The molecule has 0 saturated heterocycles. The average Bonchev–Trinajstić information content (AvgIpc) is 2.21. The minimum Gasteiger partial charge on any atom is -0.491 e. The van der Waals surface area contributed by atoms with Gasteiger partial charge >= 0.3 is 0 Å². The van der Waals surface area contributed by atoms with Crippen LogP contribution in [-0.2, 0) is 0 Å². The van der Waals surface area contributed by atoms with Crippen molar-refractivity contribution >= 4 is 0 Å². The zero-order chi connectivity index (χ0) is 12.0. The monoisotopic (exact) mass is 221 g/mol. The van der Waals surface area contributed by atoms with Crippen molar-refractivity contribution in [3.8, 4) is 23.5 Å². The Bertz CT molecular complexity index is 382. The highest BCUT2D eigenvalue weighted by molar-refractivity contribution is 5.46. The maximum Gasteiger partial charge on any atom is 0.292 e. The quantitative estimate of drug-likeness (QED) is 0.717. The van der Waals surface area contributed by atoms with Gasteiger partial charge in [-0.1, -0.05) is 0 Å². The lowest BCUT2D eigenvalue weighted by Crippen LogP contribution is -2.05. The van der Waals surface area contributed by atoms with Crippen molar-refractivity contribution in [3.05, 3.63) is 18.2 Å². The Balaban J connectivity index is 2.93. The van der Waals surface area contributed by atoms with E-state index in [1.807, 2.05) is 20.8 Å². The van der Waals surface area contributed by atoms with Crippen molar-refractivity contribution in [1.82, 2.24) is 0 Å². The van der Waals surface area contributed by atoms with Crippen LogP contribution in [0.4, 0.5) is 0 Å². The minimum absolute atomic E-state index is 0.0946. The van der Waals surface area contributed by atoms with Gasteiger partial charge in [-0.3, -0.25) is 0 Å². The Kier molecular flexibility index (Phi) is 4.46. The largest absolute Gasteiger partial charge is 0.491 e. The van der Waals surface area contributed by atoms with Crippen molar-refractivity contribution in [3.63, 3.8) is 0 Å². The fourth-order valence-electron chi connectivity index (χ4n) is 1.24. The lowest BCUT2D eigenvalue weighted by molar-refractivity contribution is 0.239. The van der Waals surface area contributed by atoms with Gasteiger partial charge in [0.05, 0.1) is 12.7 Å². The van der Waals surface area contributed by atoms with Crippen molar-refractivity contribution in [2.24, 2.45) is 0 Å². The molecule has 0 aliphatic carbocycles. The molecule has 0 atom stereocenters. The van der Waals surface area contributed by atoms with E-state index in [4.69, 9.17) is 19.5 Å². The maximum absolute atomic E-state index is 8.47. The molecule has 4 nitrogen and oxygen atoms in total. The zero-order valence-electron chi connectivity index (χ0n) is 9.69. The Labute approximate surface area is 95.4 Å². The fraction of sp³-hybridized carbons (Fsp3) is 0.417. The van der Waals surface area contributed by atoms with Crippen LogP contribution in [0, 0.1) is 11.5 Å². The molecule has 1 aromatic rings. The van der Waals surface area contributed by atoms with E-state index in [9.17, 15) is 0 Å². The predicted molar refractivity (Wildman–Crippen MR) is 59.6 cm³/mol. The van der Waals surface area contributed by atoms with Gasteiger partial charge in [-0.25, -0.2) is 0 Å². The van der Waals surface area contributed by atoms with Gasteiger partial charge in [0.2, 0.25) is 0 Å². The highest BCUT2D eigenvalue weighted by Gasteiger charge is 2.08. The molecule has 0 fully saturated rings. The number of nitrogens with zero attached hydrogens (tertiary/aromatic N) is 1. The standard InChI is InChI=1S/C12H15NO3/c1-4-14-12-7-10(16-9(2)3)5-6-11(12)15-8-13/h5-7,9H,4H2,1-3H3. The number of ether oxygens (including phenoxy) is 3. The van der Waals surface area contributed by atoms with Crippen LogP contribution in [0.2, 0.25) is 0 Å². The van der Waals surface area contributed by atoms with E-state index in [1.54, 1.807) is 24.5 Å². The molecule has 0 radical (unpaired) electrons. The van der Waals surface area contributed by atoms with Gasteiger partial charge in [-0.2, -0.15) is 0 Å². The third-order valence-electron chi connectivity index (χ3n) is 1.74. The SMILES string of the molecule is CCOc1cc(OC(C)C)ccc1OC#N. The van der Waals surface area contributed by atoms with Gasteiger partial charge in [0, 0.05) is 6.07 Å². The van der Waals surface area contributed by atoms with Gasteiger partial charge < -0.3 is 14.2 Å². The second-order valence-corrected chi connectivity index (χ2v) is 3.40. The van der Waals surface area contributed by atoms with Crippen LogP contribution in [0.15, 0.2) is 18.2 Å². The van der Waals surface area contributed by atoms with Gasteiger partial charge in [0.25, 0.3) is 6.26 Å². The molecule has 0 spiro atoms. The van der Waals surface area contributed by atoms with Crippen molar-refractivity contribution in [1.29, 1.82) is 5.26 Å². The molecular formula is C12H15NO3. The van der Waals surface area contributed by atoms with Crippen molar-refractivity contribution < 1.29 is 14.2 Å². The summed E-state index contributed by atoms with van der Waals surface area (Å²) in [4.78, 5) is 0. The predicted octanol–water partition coefficient (Wildman–Crippen LogP) is 2.73. The molecule has 4 heteroatoms. The molecular weight excluding hydrogens is 206 g/mol. The van der Waals surface area contributed by atoms with E-state index in [-0.39, 0.29) is 6.10 Å². The Morgan fingerprint density at radius 1 is 1.31 bits per heavy atom. The second-order valence-electron chi connectivity index (χ2n) is 3.40. The summed E-state index contributed by atoms with van der Waals surface area (Å²) in [7, 11) is 0. The molecule has 0 unspecified atom stereocenters. The van der Waals surface area contributed by atoms with Gasteiger partial charge in [-0.15, -0.1) is 5.26 Å². The maximum atomic E-state index is 8.47. The van der Waals surface area contributed by atoms with Crippen LogP contribution < -0.4 is 14.2 Å². The smallest absolute Gasteiger partial charge is 0.292 e. The molecule has 0 aliphatic heterocycles. The molecule has 0 N–H and O–H groups in total.